The molecule has 3 amide bonds. The van der Waals surface area contributed by atoms with Gasteiger partial charge in [0.25, 0.3) is 0 Å². The van der Waals surface area contributed by atoms with Crippen molar-refractivity contribution >= 4 is 23.7 Å². The van der Waals surface area contributed by atoms with E-state index in [1.807, 2.05) is 0 Å². The van der Waals surface area contributed by atoms with Crippen LogP contribution in [0, 0.1) is 0 Å². The first-order valence-electron chi connectivity index (χ1n) is 5.45. The number of carboxylic acids is 1. The van der Waals surface area contributed by atoms with E-state index in [-0.39, 0.29) is 19.6 Å². The van der Waals surface area contributed by atoms with Crippen molar-refractivity contribution in [3.63, 3.8) is 0 Å². The molecule has 0 spiro atoms. The summed E-state index contributed by atoms with van der Waals surface area (Å²) in [7, 11) is 0. The molecule has 0 rings (SSSR count). The van der Waals surface area contributed by atoms with E-state index in [4.69, 9.17) is 10.8 Å². The topological polar surface area (TPSA) is 151 Å². The van der Waals surface area contributed by atoms with E-state index < -0.39 is 29.7 Å². The molecule has 0 bridgehead atoms. The Morgan fingerprint density at radius 2 is 1.58 bits per heavy atom. The zero-order valence-electron chi connectivity index (χ0n) is 10.3. The second-order valence-electron chi connectivity index (χ2n) is 3.50. The molecule has 0 saturated carbocycles. The van der Waals surface area contributed by atoms with Crippen molar-refractivity contribution in [3.8, 4) is 0 Å². The van der Waals surface area contributed by atoms with Crippen LogP contribution in [0.15, 0.2) is 0 Å². The third kappa shape index (κ3) is 6.89. The number of hydrogen-bond acceptors (Lipinski definition) is 5. The fraction of sp³-hybridized carbons (Fsp3) is 0.556. The minimum atomic E-state index is -1.09. The van der Waals surface area contributed by atoms with Crippen LogP contribution < -0.4 is 21.7 Å². The van der Waals surface area contributed by atoms with Crippen LogP contribution in [0.5, 0.6) is 0 Å². The molecular formula is C9H15N4O5Rf. The van der Waals surface area contributed by atoms with Gasteiger partial charge in [0, 0.05) is 0 Å². The fourth-order valence-electron chi connectivity index (χ4n) is 0.995. The van der Waals surface area contributed by atoms with Gasteiger partial charge in [-0.3, -0.25) is 0 Å². The van der Waals surface area contributed by atoms with Gasteiger partial charge >= 0.3 is 102 Å². The molecule has 0 aromatic carbocycles. The number of rotatable bonds is 8. The molecule has 19 heavy (non-hydrogen) atoms. The molecular weight excluding hydrogens is 511 g/mol. The fourth-order valence-corrected chi connectivity index (χ4v) is 2.77. The molecule has 9 nitrogen and oxygen atoms in total. The summed E-state index contributed by atoms with van der Waals surface area (Å²) in [5.74, 6) is -2.71. The zero-order chi connectivity index (χ0) is 14.8. The standard InChI is InChI=1S/C9H15N4O5.Rf/c1-5(9(17)18)13-8(16)4-12-7(15)3-11-6(14)2-10;/h5H,1-4,10H2,(H,11,14)(H,12,15)(H,13,16)(H,17,18);. The number of hydrogen-bond donors (Lipinski definition) is 5. The van der Waals surface area contributed by atoms with E-state index in [0.29, 0.717) is 6.92 Å². The first-order chi connectivity index (χ1) is 8.90. The zero-order valence-corrected chi connectivity index (χ0v) is 16.7. The van der Waals surface area contributed by atoms with Gasteiger partial charge in [-0.15, -0.1) is 0 Å². The van der Waals surface area contributed by atoms with Crippen LogP contribution in [0.3, 0.4) is 0 Å². The summed E-state index contributed by atoms with van der Waals surface area (Å²) >= 11 is 0. The van der Waals surface area contributed by atoms with Gasteiger partial charge in [-0.05, 0) is 0 Å². The average molecular weight is 526 g/mol. The second-order valence-corrected chi connectivity index (χ2v) is 6.12. The number of carbonyl (C=O) groups excluding carboxylic acids is 3. The third-order valence-corrected chi connectivity index (χ3v) is 4.61. The molecule has 0 fully saturated rings. The van der Waals surface area contributed by atoms with Gasteiger partial charge in [0.1, 0.15) is 0 Å². The average Bonchev–Trinajstić information content (AvgIpc) is 2.39. The van der Waals surface area contributed by atoms with Crippen molar-refractivity contribution < 1.29 is 24.3 Å². The Morgan fingerprint density at radius 3 is 2.05 bits per heavy atom. The van der Waals surface area contributed by atoms with Crippen molar-refractivity contribution in [1.82, 2.24) is 16.0 Å². The number of carboxylic acid groups (broad SMARTS) is 1. The van der Waals surface area contributed by atoms with Gasteiger partial charge in [0.05, 0.1) is 0 Å². The molecule has 103 valence electrons. The van der Waals surface area contributed by atoms with Gasteiger partial charge in [0.15, 0.2) is 0 Å². The minimum absolute atomic E-state index is 0.138. The predicted molar refractivity (Wildman–Crippen MR) is 59.4 cm³/mol. The summed E-state index contributed by atoms with van der Waals surface area (Å²) < 4.78 is 0.138. The molecule has 1 unspecified atom stereocenters. The van der Waals surface area contributed by atoms with Crippen LogP contribution >= 0.6 is 0 Å². The van der Waals surface area contributed by atoms with Crippen LogP contribution in [-0.4, -0.2) is 54.5 Å². The summed E-state index contributed by atoms with van der Waals surface area (Å²) in [4.78, 5) is 44.0. The molecule has 10 heteroatoms. The van der Waals surface area contributed by atoms with Crippen LogP contribution in [0.4, 0.5) is 0 Å². The quantitative estimate of drug-likeness (QED) is 0.224. The summed E-state index contributed by atoms with van der Waals surface area (Å²) in [6.45, 7) is -0.398. The molecule has 0 saturated heterocycles. The molecule has 0 aliphatic heterocycles. The number of nitrogens with two attached hydrogens (primary N) is 1. The normalized spacial score (nSPS) is 11.3. The maximum absolute atomic E-state index is 11.3. The van der Waals surface area contributed by atoms with Crippen molar-refractivity contribution in [1.29, 1.82) is 0 Å². The van der Waals surface area contributed by atoms with Crippen molar-refractivity contribution in [2.75, 3.05) is 19.6 Å². The van der Waals surface area contributed by atoms with Crippen LogP contribution in [0.1, 0.15) is 0 Å². The van der Waals surface area contributed by atoms with Gasteiger partial charge in [-0.25, -0.2) is 0 Å². The Labute approximate surface area is 103 Å². The van der Waals surface area contributed by atoms with Gasteiger partial charge in [-0.1, -0.05) is 0 Å². The van der Waals surface area contributed by atoms with E-state index >= 15 is 0 Å². The van der Waals surface area contributed by atoms with E-state index in [0.717, 1.165) is 0 Å². The second kappa shape index (κ2) is 8.01. The molecule has 0 aromatic rings. The molecule has 6 N–H and O–H groups in total. The monoisotopic (exact) mass is 526 g/mol. The van der Waals surface area contributed by atoms with Crippen LogP contribution in [0.25, 0.3) is 0 Å². The number of nitrogens with one attached hydrogen (secondary N) is 3. The first-order valence-corrected chi connectivity index (χ1v) is 9.98. The summed E-state index contributed by atoms with van der Waals surface area (Å²) in [6.07, 6.45) is 0. The summed E-state index contributed by atoms with van der Waals surface area (Å²) in [5.41, 5.74) is 5.02. The van der Waals surface area contributed by atoms with E-state index in [9.17, 15) is 19.2 Å². The van der Waals surface area contributed by atoms with Gasteiger partial charge < -0.3 is 0 Å². The van der Waals surface area contributed by atoms with Gasteiger partial charge in [0.2, 0.25) is 0 Å². The van der Waals surface area contributed by atoms with E-state index in [1.165, 1.54) is 0 Å². The summed E-state index contributed by atoms with van der Waals surface area (Å²) in [6, 6.07) is -0.892. The first kappa shape index (κ1) is 15.8. The number of carbonyl (C=O) groups is 4. The Balaban J connectivity index is 3.92. The molecule has 0 aliphatic rings. The molecule has 0 aromatic heterocycles. The SMILES string of the molecule is NCC(=O)NCC(=O)NCC(=O)NC([CH2][Rf])C(=O)O. The van der Waals surface area contributed by atoms with Crippen LogP contribution in [0.2, 0.25) is 6.92 Å². The Morgan fingerprint density at radius 1 is 1.05 bits per heavy atom. The Kier molecular flexibility index (Phi) is 6.68. The Hall–Kier alpha value is -3.16. The van der Waals surface area contributed by atoms with E-state index in [1.54, 1.807) is 0 Å². The maximum atomic E-state index is 11.3. The number of amides is 3. The van der Waals surface area contributed by atoms with Gasteiger partial charge in [-0.2, -0.15) is 0 Å². The third-order valence-electron chi connectivity index (χ3n) is 2.00. The molecule has 0 heterocycles. The van der Waals surface area contributed by atoms with Crippen molar-refractivity contribution in [2.45, 2.75) is 13.0 Å². The summed E-state index contributed by atoms with van der Waals surface area (Å²) in [5, 5.41) is 15.5. The van der Waals surface area contributed by atoms with E-state index in [2.05, 4.69) is 16.0 Å². The van der Waals surface area contributed by atoms with Crippen LogP contribution in [-0.2, 0) is 19.2 Å². The van der Waals surface area contributed by atoms with Crippen molar-refractivity contribution in [3.05, 3.63) is 0 Å². The Bertz CT molecular complexity index is 363. The molecule has 0 radical (unpaired) electrons. The number of aliphatic carboxylic acids is 1. The molecule has 0 aliphatic carbocycles. The van der Waals surface area contributed by atoms with Crippen molar-refractivity contribution in [2.24, 2.45) is 5.73 Å². The predicted octanol–water partition coefficient (Wildman–Crippen LogP) is -3.29. The molecule has 1 atom stereocenters.